The van der Waals surface area contributed by atoms with Gasteiger partial charge in [0.25, 0.3) is 0 Å². The number of esters is 1. The van der Waals surface area contributed by atoms with Crippen molar-refractivity contribution >= 4 is 5.97 Å². The molecule has 3 nitrogen and oxygen atoms in total. The first kappa shape index (κ1) is 12.7. The molecule has 0 aliphatic rings. The van der Waals surface area contributed by atoms with Crippen molar-refractivity contribution in [1.29, 1.82) is 0 Å². The van der Waals surface area contributed by atoms with Crippen molar-refractivity contribution in [3.63, 3.8) is 0 Å². The maximum Gasteiger partial charge on any atom is 0.309 e. The molecule has 0 radical (unpaired) electrons. The fourth-order valence-corrected chi connectivity index (χ4v) is 1.50. The van der Waals surface area contributed by atoms with Gasteiger partial charge in [-0.05, 0) is 12.5 Å². The smallest absolute Gasteiger partial charge is 0.309 e. The molecule has 3 heteroatoms. The Bertz CT molecular complexity index is 324. The molecule has 1 rings (SSSR count). The molecule has 1 aromatic carbocycles. The minimum atomic E-state index is -0.173. The van der Waals surface area contributed by atoms with Crippen LogP contribution in [0.1, 0.15) is 25.5 Å². The van der Waals surface area contributed by atoms with Crippen LogP contribution < -0.4 is 5.32 Å². The van der Waals surface area contributed by atoms with Gasteiger partial charge in [-0.1, -0.05) is 37.3 Å². The normalized spacial score (nSPS) is 14.2. The second-order valence-electron chi connectivity index (χ2n) is 3.96. The van der Waals surface area contributed by atoms with Gasteiger partial charge in [0.15, 0.2) is 0 Å². The standard InChI is InChI=1S/C13H19NO2/c1-10(13(15)16-3)9-14-11(2)12-7-5-4-6-8-12/h4-8,10-11,14H,9H2,1-3H3/t10?,11-/m1/s1. The average Bonchev–Trinajstić information content (AvgIpc) is 2.35. The van der Waals surface area contributed by atoms with E-state index in [-0.39, 0.29) is 17.9 Å². The van der Waals surface area contributed by atoms with Crippen LogP contribution in [0.3, 0.4) is 0 Å². The molecular formula is C13H19NO2. The zero-order valence-corrected chi connectivity index (χ0v) is 10.1. The van der Waals surface area contributed by atoms with Crippen LogP contribution in [0.4, 0.5) is 0 Å². The lowest BCUT2D eigenvalue weighted by Crippen LogP contribution is -2.29. The van der Waals surface area contributed by atoms with Gasteiger partial charge in [0.1, 0.15) is 0 Å². The Labute approximate surface area is 96.8 Å². The highest BCUT2D eigenvalue weighted by Gasteiger charge is 2.14. The van der Waals surface area contributed by atoms with Gasteiger partial charge in [0.05, 0.1) is 13.0 Å². The van der Waals surface area contributed by atoms with Gasteiger partial charge >= 0.3 is 5.97 Å². The fraction of sp³-hybridized carbons (Fsp3) is 0.462. The van der Waals surface area contributed by atoms with Crippen molar-refractivity contribution in [3.8, 4) is 0 Å². The van der Waals surface area contributed by atoms with Gasteiger partial charge in [0.2, 0.25) is 0 Å². The predicted molar refractivity (Wildman–Crippen MR) is 64.0 cm³/mol. The Morgan fingerprint density at radius 1 is 1.31 bits per heavy atom. The maximum absolute atomic E-state index is 11.2. The first-order chi connectivity index (χ1) is 7.65. The number of carbonyl (C=O) groups is 1. The van der Waals surface area contributed by atoms with E-state index in [4.69, 9.17) is 0 Å². The highest BCUT2D eigenvalue weighted by atomic mass is 16.5. The highest BCUT2D eigenvalue weighted by Crippen LogP contribution is 2.11. The third-order valence-electron chi connectivity index (χ3n) is 2.63. The van der Waals surface area contributed by atoms with Gasteiger partial charge in [-0.25, -0.2) is 0 Å². The molecule has 0 bridgehead atoms. The summed E-state index contributed by atoms with van der Waals surface area (Å²) >= 11 is 0. The molecule has 0 fully saturated rings. The number of hydrogen-bond acceptors (Lipinski definition) is 3. The van der Waals surface area contributed by atoms with E-state index in [1.165, 1.54) is 12.7 Å². The molecule has 88 valence electrons. The molecule has 16 heavy (non-hydrogen) atoms. The van der Waals surface area contributed by atoms with Crippen LogP contribution in [0.2, 0.25) is 0 Å². The summed E-state index contributed by atoms with van der Waals surface area (Å²) in [5.74, 6) is -0.288. The van der Waals surface area contributed by atoms with Gasteiger partial charge in [-0.2, -0.15) is 0 Å². The second kappa shape index (κ2) is 6.28. The summed E-state index contributed by atoms with van der Waals surface area (Å²) in [6.07, 6.45) is 0. The van der Waals surface area contributed by atoms with Crippen molar-refractivity contribution in [2.45, 2.75) is 19.9 Å². The summed E-state index contributed by atoms with van der Waals surface area (Å²) < 4.78 is 4.67. The maximum atomic E-state index is 11.2. The van der Waals surface area contributed by atoms with Crippen LogP contribution in [0.5, 0.6) is 0 Å². The number of benzene rings is 1. The molecule has 1 aromatic rings. The third kappa shape index (κ3) is 3.66. The molecule has 0 aliphatic carbocycles. The third-order valence-corrected chi connectivity index (χ3v) is 2.63. The van der Waals surface area contributed by atoms with E-state index in [0.717, 1.165) is 0 Å². The molecule has 2 atom stereocenters. The zero-order valence-electron chi connectivity index (χ0n) is 10.1. The molecule has 0 aromatic heterocycles. The van der Waals surface area contributed by atoms with Gasteiger partial charge in [0, 0.05) is 12.6 Å². The van der Waals surface area contributed by atoms with E-state index in [2.05, 4.69) is 29.1 Å². The molecule has 0 aliphatic heterocycles. The summed E-state index contributed by atoms with van der Waals surface area (Å²) in [6, 6.07) is 10.4. The van der Waals surface area contributed by atoms with E-state index in [9.17, 15) is 4.79 Å². The van der Waals surface area contributed by atoms with Gasteiger partial charge in [-0.3, -0.25) is 4.79 Å². The molecular weight excluding hydrogens is 202 g/mol. The average molecular weight is 221 g/mol. The first-order valence-electron chi connectivity index (χ1n) is 5.51. The summed E-state index contributed by atoms with van der Waals surface area (Å²) in [6.45, 7) is 4.57. The Kier molecular flexibility index (Phi) is 4.99. The Hall–Kier alpha value is -1.35. The Morgan fingerprint density at radius 2 is 1.94 bits per heavy atom. The lowest BCUT2D eigenvalue weighted by Gasteiger charge is -2.16. The summed E-state index contributed by atoms with van der Waals surface area (Å²) in [5.41, 5.74) is 1.22. The van der Waals surface area contributed by atoms with E-state index < -0.39 is 0 Å². The van der Waals surface area contributed by atoms with Gasteiger partial charge in [-0.15, -0.1) is 0 Å². The quantitative estimate of drug-likeness (QED) is 0.774. The number of carbonyl (C=O) groups excluding carboxylic acids is 1. The zero-order chi connectivity index (χ0) is 12.0. The Balaban J connectivity index is 2.41. The number of rotatable bonds is 5. The molecule has 0 spiro atoms. The highest BCUT2D eigenvalue weighted by molar-refractivity contribution is 5.72. The van der Waals surface area contributed by atoms with E-state index >= 15 is 0 Å². The van der Waals surface area contributed by atoms with Crippen molar-refractivity contribution < 1.29 is 9.53 Å². The first-order valence-corrected chi connectivity index (χ1v) is 5.51. The van der Waals surface area contributed by atoms with E-state index in [0.29, 0.717) is 6.54 Å². The number of ether oxygens (including phenoxy) is 1. The SMILES string of the molecule is COC(=O)C(C)CN[C@H](C)c1ccccc1. The summed E-state index contributed by atoms with van der Waals surface area (Å²) in [4.78, 5) is 11.2. The minimum Gasteiger partial charge on any atom is -0.469 e. The molecule has 1 unspecified atom stereocenters. The van der Waals surface area contributed by atoms with Crippen molar-refractivity contribution in [2.75, 3.05) is 13.7 Å². The van der Waals surface area contributed by atoms with Crippen LogP contribution in [-0.2, 0) is 9.53 Å². The second-order valence-corrected chi connectivity index (χ2v) is 3.96. The number of hydrogen-bond donors (Lipinski definition) is 1. The van der Waals surface area contributed by atoms with Crippen LogP contribution >= 0.6 is 0 Å². The summed E-state index contributed by atoms with van der Waals surface area (Å²) in [5, 5.41) is 3.31. The lowest BCUT2D eigenvalue weighted by molar-refractivity contribution is -0.144. The lowest BCUT2D eigenvalue weighted by atomic mass is 10.1. The monoisotopic (exact) mass is 221 g/mol. The molecule has 1 N–H and O–H groups in total. The topological polar surface area (TPSA) is 38.3 Å². The number of methoxy groups -OCH3 is 1. The molecule has 0 heterocycles. The molecule has 0 saturated carbocycles. The van der Waals surface area contributed by atoms with Gasteiger partial charge < -0.3 is 10.1 Å². The fourth-order valence-electron chi connectivity index (χ4n) is 1.50. The van der Waals surface area contributed by atoms with Crippen LogP contribution in [0.15, 0.2) is 30.3 Å². The van der Waals surface area contributed by atoms with E-state index in [1.807, 2.05) is 25.1 Å². The number of nitrogens with one attached hydrogen (secondary N) is 1. The van der Waals surface area contributed by atoms with Crippen LogP contribution in [0, 0.1) is 5.92 Å². The van der Waals surface area contributed by atoms with Crippen molar-refractivity contribution in [2.24, 2.45) is 5.92 Å². The van der Waals surface area contributed by atoms with Crippen molar-refractivity contribution in [3.05, 3.63) is 35.9 Å². The predicted octanol–water partition coefficient (Wildman–Crippen LogP) is 2.15. The molecule has 0 saturated heterocycles. The minimum absolute atomic E-state index is 0.115. The van der Waals surface area contributed by atoms with Crippen LogP contribution in [0.25, 0.3) is 0 Å². The Morgan fingerprint density at radius 3 is 2.50 bits per heavy atom. The summed E-state index contributed by atoms with van der Waals surface area (Å²) in [7, 11) is 1.42. The van der Waals surface area contributed by atoms with E-state index in [1.54, 1.807) is 0 Å². The largest absolute Gasteiger partial charge is 0.469 e. The van der Waals surface area contributed by atoms with Crippen molar-refractivity contribution in [1.82, 2.24) is 5.32 Å². The molecule has 0 amide bonds. The van der Waals surface area contributed by atoms with Crippen LogP contribution in [-0.4, -0.2) is 19.6 Å².